The van der Waals surface area contributed by atoms with Crippen molar-refractivity contribution in [3.63, 3.8) is 0 Å². The highest BCUT2D eigenvalue weighted by Crippen LogP contribution is 2.54. The van der Waals surface area contributed by atoms with E-state index >= 15 is 0 Å². The number of fused-ring (bicyclic) bond motifs is 2. The zero-order valence-electron chi connectivity index (χ0n) is 12.9. The van der Waals surface area contributed by atoms with E-state index in [4.69, 9.17) is 0 Å². The lowest BCUT2D eigenvalue weighted by Crippen LogP contribution is -2.15. The van der Waals surface area contributed by atoms with Crippen molar-refractivity contribution < 1.29 is 0 Å². The molecular formula is C20H27Br. The minimum atomic E-state index is 0.591. The monoisotopic (exact) mass is 346 g/mol. The van der Waals surface area contributed by atoms with Crippen molar-refractivity contribution in [1.29, 1.82) is 0 Å². The number of hydrogen-bond acceptors (Lipinski definition) is 0. The quantitative estimate of drug-likeness (QED) is 0.540. The van der Waals surface area contributed by atoms with Crippen LogP contribution in [0.4, 0.5) is 0 Å². The van der Waals surface area contributed by atoms with Crippen LogP contribution < -0.4 is 0 Å². The van der Waals surface area contributed by atoms with Gasteiger partial charge >= 0.3 is 0 Å². The maximum Gasteiger partial charge on any atom is 0.0426 e. The highest BCUT2D eigenvalue weighted by atomic mass is 79.9. The van der Waals surface area contributed by atoms with Gasteiger partial charge in [-0.05, 0) is 66.9 Å². The van der Waals surface area contributed by atoms with Gasteiger partial charge in [-0.15, -0.1) is 0 Å². The van der Waals surface area contributed by atoms with Gasteiger partial charge in [-0.1, -0.05) is 65.9 Å². The summed E-state index contributed by atoms with van der Waals surface area (Å²) in [5, 5.41) is 0. The summed E-state index contributed by atoms with van der Waals surface area (Å²) in [7, 11) is 0. The first-order valence-electron chi connectivity index (χ1n) is 9.05. The van der Waals surface area contributed by atoms with E-state index in [-0.39, 0.29) is 0 Å². The SMILES string of the molecule is BrC(c1ccc(C2CCCCC2)cc1)C1CC2CCC1C2. The van der Waals surface area contributed by atoms with Crippen LogP contribution in [0.3, 0.4) is 0 Å². The number of halogens is 1. The molecule has 3 aliphatic rings. The van der Waals surface area contributed by atoms with Crippen LogP contribution in [-0.2, 0) is 0 Å². The molecule has 4 unspecified atom stereocenters. The molecule has 2 bridgehead atoms. The largest absolute Gasteiger partial charge is 0.0836 e. The summed E-state index contributed by atoms with van der Waals surface area (Å²) in [5.74, 6) is 3.77. The molecule has 21 heavy (non-hydrogen) atoms. The van der Waals surface area contributed by atoms with E-state index in [0.29, 0.717) is 4.83 Å². The van der Waals surface area contributed by atoms with Crippen LogP contribution in [0.1, 0.15) is 79.7 Å². The number of rotatable bonds is 3. The van der Waals surface area contributed by atoms with Crippen molar-refractivity contribution in [2.24, 2.45) is 17.8 Å². The summed E-state index contributed by atoms with van der Waals surface area (Å²) in [6.45, 7) is 0. The summed E-state index contributed by atoms with van der Waals surface area (Å²) in [5.41, 5.74) is 3.11. The van der Waals surface area contributed by atoms with Crippen molar-refractivity contribution >= 4 is 15.9 Å². The highest BCUT2D eigenvalue weighted by Gasteiger charge is 2.42. The van der Waals surface area contributed by atoms with E-state index in [1.54, 1.807) is 5.56 Å². The Kier molecular flexibility index (Phi) is 4.13. The molecule has 0 spiro atoms. The van der Waals surface area contributed by atoms with Gasteiger partial charge in [0.25, 0.3) is 0 Å². The molecule has 0 nitrogen and oxygen atoms in total. The maximum absolute atomic E-state index is 4.04. The van der Waals surface area contributed by atoms with Crippen molar-refractivity contribution in [2.75, 3.05) is 0 Å². The Balaban J connectivity index is 1.45. The number of benzene rings is 1. The first kappa shape index (κ1) is 14.3. The molecule has 0 aromatic heterocycles. The summed E-state index contributed by atoms with van der Waals surface area (Å²) < 4.78 is 0. The van der Waals surface area contributed by atoms with Gasteiger partial charge in [-0.25, -0.2) is 0 Å². The average molecular weight is 347 g/mol. The molecule has 4 rings (SSSR count). The van der Waals surface area contributed by atoms with Gasteiger partial charge in [0.2, 0.25) is 0 Å². The second-order valence-corrected chi connectivity index (χ2v) is 8.73. The van der Waals surface area contributed by atoms with Crippen LogP contribution in [0.2, 0.25) is 0 Å². The Bertz CT molecular complexity index is 471. The van der Waals surface area contributed by atoms with Crippen LogP contribution in [0, 0.1) is 17.8 Å². The number of hydrogen-bond donors (Lipinski definition) is 0. The van der Waals surface area contributed by atoms with Crippen LogP contribution in [0.25, 0.3) is 0 Å². The first-order chi connectivity index (χ1) is 10.3. The second-order valence-electron chi connectivity index (χ2n) is 7.74. The fraction of sp³-hybridized carbons (Fsp3) is 0.700. The zero-order valence-corrected chi connectivity index (χ0v) is 14.5. The lowest BCUT2D eigenvalue weighted by atomic mass is 9.82. The molecule has 1 aromatic carbocycles. The summed E-state index contributed by atoms with van der Waals surface area (Å²) in [6.07, 6.45) is 13.1. The Morgan fingerprint density at radius 3 is 2.24 bits per heavy atom. The van der Waals surface area contributed by atoms with E-state index in [1.807, 2.05) is 0 Å². The third kappa shape index (κ3) is 2.83. The van der Waals surface area contributed by atoms with Crippen LogP contribution in [0.5, 0.6) is 0 Å². The smallest absolute Gasteiger partial charge is 0.0426 e. The molecule has 0 radical (unpaired) electrons. The maximum atomic E-state index is 4.04. The minimum Gasteiger partial charge on any atom is -0.0836 e. The molecule has 0 heterocycles. The zero-order chi connectivity index (χ0) is 14.2. The third-order valence-electron chi connectivity index (χ3n) is 6.50. The van der Waals surface area contributed by atoms with Gasteiger partial charge in [0.1, 0.15) is 0 Å². The van der Waals surface area contributed by atoms with E-state index in [1.165, 1.54) is 63.4 Å². The molecule has 0 N–H and O–H groups in total. The predicted octanol–water partition coefficient (Wildman–Crippen LogP) is 6.61. The Morgan fingerprint density at radius 1 is 0.857 bits per heavy atom. The molecule has 3 fully saturated rings. The molecule has 0 aliphatic heterocycles. The lowest BCUT2D eigenvalue weighted by molar-refractivity contribution is 0.329. The summed E-state index contributed by atoms with van der Waals surface area (Å²) in [4.78, 5) is 0.591. The van der Waals surface area contributed by atoms with Gasteiger partial charge in [0.05, 0.1) is 0 Å². The van der Waals surface area contributed by atoms with E-state index in [9.17, 15) is 0 Å². The van der Waals surface area contributed by atoms with Crippen molar-refractivity contribution in [1.82, 2.24) is 0 Å². The minimum absolute atomic E-state index is 0.591. The topological polar surface area (TPSA) is 0 Å². The Hall–Kier alpha value is -0.300. The van der Waals surface area contributed by atoms with Crippen molar-refractivity contribution in [2.45, 2.75) is 68.5 Å². The fourth-order valence-corrected chi connectivity index (χ4v) is 6.24. The first-order valence-corrected chi connectivity index (χ1v) is 9.97. The van der Waals surface area contributed by atoms with Crippen molar-refractivity contribution in [3.8, 4) is 0 Å². The van der Waals surface area contributed by atoms with Crippen LogP contribution >= 0.6 is 15.9 Å². The van der Waals surface area contributed by atoms with Crippen LogP contribution in [-0.4, -0.2) is 0 Å². The van der Waals surface area contributed by atoms with Gasteiger partial charge in [0, 0.05) is 4.83 Å². The molecule has 1 heteroatoms. The van der Waals surface area contributed by atoms with Crippen LogP contribution in [0.15, 0.2) is 24.3 Å². The Labute approximate surface area is 137 Å². The van der Waals surface area contributed by atoms with E-state index in [2.05, 4.69) is 40.2 Å². The van der Waals surface area contributed by atoms with Gasteiger partial charge in [0.15, 0.2) is 0 Å². The average Bonchev–Trinajstić information content (AvgIpc) is 3.18. The van der Waals surface area contributed by atoms with Crippen molar-refractivity contribution in [3.05, 3.63) is 35.4 Å². The third-order valence-corrected chi connectivity index (χ3v) is 7.71. The van der Waals surface area contributed by atoms with Gasteiger partial charge in [-0.3, -0.25) is 0 Å². The normalized spacial score (nSPS) is 34.2. The molecular weight excluding hydrogens is 320 g/mol. The molecule has 0 saturated heterocycles. The standard InChI is InChI=1S/C20H27Br/c21-20(19-13-14-6-7-18(19)12-14)17-10-8-16(9-11-17)15-4-2-1-3-5-15/h8-11,14-15,18-20H,1-7,12-13H2. The van der Waals surface area contributed by atoms with E-state index in [0.717, 1.165) is 23.7 Å². The molecule has 1 aromatic rings. The Morgan fingerprint density at radius 2 is 1.62 bits per heavy atom. The fourth-order valence-electron chi connectivity index (χ4n) is 5.29. The highest BCUT2D eigenvalue weighted by molar-refractivity contribution is 9.09. The molecule has 3 saturated carbocycles. The number of alkyl halides is 1. The summed E-state index contributed by atoms with van der Waals surface area (Å²) >= 11 is 4.04. The predicted molar refractivity (Wildman–Crippen MR) is 92.9 cm³/mol. The summed E-state index contributed by atoms with van der Waals surface area (Å²) in [6, 6.07) is 9.67. The molecule has 114 valence electrons. The molecule has 3 aliphatic carbocycles. The lowest BCUT2D eigenvalue weighted by Gasteiger charge is -2.27. The van der Waals surface area contributed by atoms with Gasteiger partial charge < -0.3 is 0 Å². The van der Waals surface area contributed by atoms with E-state index < -0.39 is 0 Å². The molecule has 0 amide bonds. The second kappa shape index (κ2) is 6.07. The van der Waals surface area contributed by atoms with Gasteiger partial charge in [-0.2, -0.15) is 0 Å². The molecule has 4 atom stereocenters.